The Morgan fingerprint density at radius 2 is 2.03 bits per heavy atom. The summed E-state index contributed by atoms with van der Waals surface area (Å²) in [5, 5.41) is 11.7. The number of aromatic nitrogens is 3. The van der Waals surface area contributed by atoms with Gasteiger partial charge in [0.25, 0.3) is 0 Å². The number of ether oxygens (including phenoxy) is 2. The molecule has 2 aromatic carbocycles. The number of halogens is 1. The van der Waals surface area contributed by atoms with E-state index < -0.39 is 5.82 Å². The molecule has 9 heteroatoms. The van der Waals surface area contributed by atoms with Crippen molar-refractivity contribution in [3.05, 3.63) is 72.3 Å². The van der Waals surface area contributed by atoms with Crippen molar-refractivity contribution in [2.75, 3.05) is 18.2 Å². The van der Waals surface area contributed by atoms with Gasteiger partial charge < -0.3 is 14.8 Å². The quantitative estimate of drug-likeness (QED) is 0.374. The summed E-state index contributed by atoms with van der Waals surface area (Å²) >= 11 is 1.23. The fourth-order valence-electron chi connectivity index (χ4n) is 2.77. The monoisotopic (exact) mass is 442 g/mol. The smallest absolute Gasteiger partial charge is 0.234 e. The molecule has 0 bridgehead atoms. The van der Waals surface area contributed by atoms with Crippen LogP contribution in [0.4, 0.5) is 10.1 Å². The molecule has 0 saturated heterocycles. The van der Waals surface area contributed by atoms with Gasteiger partial charge in [0.15, 0.2) is 22.5 Å². The van der Waals surface area contributed by atoms with Crippen LogP contribution in [0.5, 0.6) is 11.5 Å². The zero-order valence-electron chi connectivity index (χ0n) is 17.3. The predicted octanol–water partition coefficient (Wildman–Crippen LogP) is 4.23. The van der Waals surface area contributed by atoms with Gasteiger partial charge in [-0.2, -0.15) is 0 Å². The lowest BCUT2D eigenvalue weighted by atomic mass is 10.2. The summed E-state index contributed by atoms with van der Waals surface area (Å²) in [5.41, 5.74) is 1.23. The molecule has 0 saturated carbocycles. The van der Waals surface area contributed by atoms with Gasteiger partial charge in [-0.15, -0.1) is 16.8 Å². The van der Waals surface area contributed by atoms with Gasteiger partial charge >= 0.3 is 0 Å². The number of hydrogen-bond acceptors (Lipinski definition) is 6. The number of hydrogen-bond donors (Lipinski definition) is 1. The maximum atomic E-state index is 13.4. The lowest BCUT2D eigenvalue weighted by Crippen LogP contribution is -2.16. The van der Waals surface area contributed by atoms with Crippen LogP contribution in [0.25, 0.3) is 0 Å². The molecule has 3 aromatic rings. The van der Waals surface area contributed by atoms with E-state index in [1.165, 1.54) is 23.9 Å². The van der Waals surface area contributed by atoms with E-state index in [1.807, 2.05) is 22.8 Å². The number of carbonyl (C=O) groups is 1. The molecule has 1 amide bonds. The molecular weight excluding hydrogens is 419 g/mol. The van der Waals surface area contributed by atoms with E-state index >= 15 is 0 Å². The highest BCUT2D eigenvalue weighted by atomic mass is 32.2. The molecule has 1 aromatic heterocycles. The summed E-state index contributed by atoms with van der Waals surface area (Å²) in [6, 6.07) is 11.6. The number of thioether (sulfide) groups is 1. The van der Waals surface area contributed by atoms with Gasteiger partial charge in [0.2, 0.25) is 5.91 Å². The van der Waals surface area contributed by atoms with Gasteiger partial charge in [-0.25, -0.2) is 4.39 Å². The average molecular weight is 443 g/mol. The first kappa shape index (κ1) is 22.4. The second-order valence-corrected chi connectivity index (χ2v) is 7.48. The third-order valence-corrected chi connectivity index (χ3v) is 5.30. The van der Waals surface area contributed by atoms with Crippen LogP contribution < -0.4 is 14.8 Å². The first-order chi connectivity index (χ1) is 15.0. The minimum Gasteiger partial charge on any atom is -0.493 e. The number of rotatable bonds is 10. The number of carbonyl (C=O) groups excluding carboxylic acids is 1. The number of anilines is 1. The third kappa shape index (κ3) is 5.85. The van der Waals surface area contributed by atoms with Crippen molar-refractivity contribution in [1.82, 2.24) is 14.8 Å². The summed E-state index contributed by atoms with van der Waals surface area (Å²) in [6.45, 7) is 6.21. The second kappa shape index (κ2) is 10.6. The summed E-state index contributed by atoms with van der Waals surface area (Å²) in [7, 11) is 1.58. The van der Waals surface area contributed by atoms with Crippen LogP contribution in [0.3, 0.4) is 0 Å². The van der Waals surface area contributed by atoms with Crippen molar-refractivity contribution in [3.63, 3.8) is 0 Å². The van der Waals surface area contributed by atoms with Crippen molar-refractivity contribution in [3.8, 4) is 11.5 Å². The zero-order valence-corrected chi connectivity index (χ0v) is 18.1. The number of nitrogens with zero attached hydrogens (tertiary/aromatic N) is 3. The van der Waals surface area contributed by atoms with E-state index in [9.17, 15) is 9.18 Å². The molecule has 162 valence electrons. The van der Waals surface area contributed by atoms with Crippen molar-refractivity contribution >= 4 is 23.4 Å². The largest absolute Gasteiger partial charge is 0.493 e. The van der Waals surface area contributed by atoms with E-state index in [2.05, 4.69) is 22.1 Å². The Bertz CT molecular complexity index is 1070. The highest BCUT2D eigenvalue weighted by molar-refractivity contribution is 7.99. The minimum absolute atomic E-state index is 0.0958. The maximum Gasteiger partial charge on any atom is 0.234 e. The van der Waals surface area contributed by atoms with Crippen LogP contribution >= 0.6 is 11.8 Å². The number of amides is 1. The number of allylic oxidation sites excluding steroid dienone is 1. The molecule has 0 unspecified atom stereocenters. The fourth-order valence-corrected chi connectivity index (χ4v) is 3.54. The molecule has 1 N–H and O–H groups in total. The summed E-state index contributed by atoms with van der Waals surface area (Å²) in [6.07, 6.45) is 1.72. The van der Waals surface area contributed by atoms with Gasteiger partial charge in [0.1, 0.15) is 12.4 Å². The van der Waals surface area contributed by atoms with E-state index in [0.717, 1.165) is 5.56 Å². The predicted molar refractivity (Wildman–Crippen MR) is 118 cm³/mol. The summed E-state index contributed by atoms with van der Waals surface area (Å²) in [5.74, 6) is 1.24. The number of nitrogens with one attached hydrogen (secondary N) is 1. The maximum absolute atomic E-state index is 13.4. The van der Waals surface area contributed by atoms with Gasteiger partial charge in [0, 0.05) is 12.2 Å². The topological polar surface area (TPSA) is 78.3 Å². The van der Waals surface area contributed by atoms with Crippen LogP contribution in [0.2, 0.25) is 0 Å². The molecule has 0 atom stereocenters. The Morgan fingerprint density at radius 1 is 1.26 bits per heavy atom. The minimum atomic E-state index is -0.404. The molecule has 31 heavy (non-hydrogen) atoms. The first-order valence-electron chi connectivity index (χ1n) is 9.49. The number of para-hydroxylation sites is 2. The van der Waals surface area contributed by atoms with Crippen molar-refractivity contribution < 1.29 is 18.7 Å². The molecule has 0 aliphatic heterocycles. The summed E-state index contributed by atoms with van der Waals surface area (Å²) in [4.78, 5) is 12.3. The van der Waals surface area contributed by atoms with E-state index in [4.69, 9.17) is 9.47 Å². The standard InChI is InChI=1S/C22H23FN4O3S/c1-4-11-27-20(13-30-19-8-6-5-7-18(19)29-3)25-26-22(27)31-14-21(28)24-17-12-16(23)10-9-15(17)2/h4-10,12H,1,11,13-14H2,2-3H3,(H,24,28). The Hall–Kier alpha value is -3.33. The normalized spacial score (nSPS) is 10.5. The second-order valence-electron chi connectivity index (χ2n) is 6.53. The van der Waals surface area contributed by atoms with Crippen molar-refractivity contribution in [1.29, 1.82) is 0 Å². The molecule has 3 rings (SSSR count). The molecular formula is C22H23FN4O3S. The molecule has 0 spiro atoms. The van der Waals surface area contributed by atoms with Crippen LogP contribution in [-0.4, -0.2) is 33.5 Å². The Labute approximate surface area is 184 Å². The SMILES string of the molecule is C=CCn1c(COc2ccccc2OC)nnc1SCC(=O)Nc1cc(F)ccc1C. The molecule has 1 heterocycles. The lowest BCUT2D eigenvalue weighted by molar-refractivity contribution is -0.113. The third-order valence-electron chi connectivity index (χ3n) is 4.34. The van der Waals surface area contributed by atoms with Crippen molar-refractivity contribution in [2.24, 2.45) is 0 Å². The number of methoxy groups -OCH3 is 1. The van der Waals surface area contributed by atoms with E-state index in [1.54, 1.807) is 32.2 Å². The van der Waals surface area contributed by atoms with Crippen LogP contribution in [-0.2, 0) is 17.9 Å². The first-order valence-corrected chi connectivity index (χ1v) is 10.5. The van der Waals surface area contributed by atoms with Gasteiger partial charge in [0.05, 0.1) is 12.9 Å². The van der Waals surface area contributed by atoms with Crippen LogP contribution in [0.1, 0.15) is 11.4 Å². The Balaban J connectivity index is 1.65. The van der Waals surface area contributed by atoms with E-state index in [-0.39, 0.29) is 18.3 Å². The summed E-state index contributed by atoms with van der Waals surface area (Å²) < 4.78 is 26.4. The average Bonchev–Trinajstić information content (AvgIpc) is 3.15. The van der Waals surface area contributed by atoms with Crippen LogP contribution in [0.15, 0.2) is 60.3 Å². The Morgan fingerprint density at radius 3 is 2.77 bits per heavy atom. The molecule has 7 nitrogen and oxygen atoms in total. The Kier molecular flexibility index (Phi) is 7.66. The molecule has 0 radical (unpaired) electrons. The highest BCUT2D eigenvalue weighted by Gasteiger charge is 2.15. The lowest BCUT2D eigenvalue weighted by Gasteiger charge is -2.11. The number of benzene rings is 2. The molecule has 0 aliphatic carbocycles. The number of aryl methyl sites for hydroxylation is 1. The van der Waals surface area contributed by atoms with Crippen molar-refractivity contribution in [2.45, 2.75) is 25.2 Å². The molecule has 0 fully saturated rings. The van der Waals surface area contributed by atoms with Gasteiger partial charge in [-0.3, -0.25) is 9.36 Å². The van der Waals surface area contributed by atoms with Gasteiger partial charge in [-0.1, -0.05) is 36.0 Å². The highest BCUT2D eigenvalue weighted by Crippen LogP contribution is 2.27. The van der Waals surface area contributed by atoms with E-state index in [0.29, 0.717) is 34.7 Å². The van der Waals surface area contributed by atoms with Gasteiger partial charge in [-0.05, 0) is 36.8 Å². The fraction of sp³-hybridized carbons (Fsp3) is 0.227. The van der Waals surface area contributed by atoms with Crippen LogP contribution in [0, 0.1) is 12.7 Å². The zero-order chi connectivity index (χ0) is 22.2. The molecule has 0 aliphatic rings.